The molecular weight excluding hydrogens is 460 g/mol. The van der Waals surface area contributed by atoms with Crippen LogP contribution in [0.4, 0.5) is 0 Å². The largest absolute Gasteiger partial charge is 0.379 e. The summed E-state index contributed by atoms with van der Waals surface area (Å²) in [4.78, 5) is 21.5. The molecule has 2 aliphatic heterocycles. The molecule has 8 nitrogen and oxygen atoms in total. The highest BCUT2D eigenvalue weighted by atomic mass is 32.2. The number of carbonyl (C=O) groups excluding carboxylic acids is 1. The molecule has 1 fully saturated rings. The summed E-state index contributed by atoms with van der Waals surface area (Å²) in [6.07, 6.45) is 2.26. The van der Waals surface area contributed by atoms with Crippen LogP contribution in [0.1, 0.15) is 12.0 Å². The molecule has 0 saturated carbocycles. The predicted molar refractivity (Wildman–Crippen MR) is 127 cm³/mol. The Balaban J connectivity index is 1.36. The van der Waals surface area contributed by atoms with E-state index in [0.717, 1.165) is 38.3 Å². The third kappa shape index (κ3) is 5.82. The first-order valence-corrected chi connectivity index (χ1v) is 12.6. The quantitative estimate of drug-likeness (QED) is 0.457. The molecular formula is C23H22N4O4S2. The van der Waals surface area contributed by atoms with Crippen LogP contribution in [0.3, 0.4) is 0 Å². The maximum Gasteiger partial charge on any atom is 0.339 e. The zero-order valence-corrected chi connectivity index (χ0v) is 19.4. The predicted octanol–water partition coefficient (Wildman–Crippen LogP) is 2.96. The number of rotatable bonds is 6. The summed E-state index contributed by atoms with van der Waals surface area (Å²) in [5.74, 6) is -0.0912. The van der Waals surface area contributed by atoms with Gasteiger partial charge in [-0.25, -0.2) is 0 Å². The first kappa shape index (κ1) is 23.0. The summed E-state index contributed by atoms with van der Waals surface area (Å²) in [5, 5.41) is 9.42. The van der Waals surface area contributed by atoms with Crippen molar-refractivity contribution >= 4 is 39.0 Å². The van der Waals surface area contributed by atoms with Gasteiger partial charge in [0.1, 0.15) is 10.6 Å². The summed E-state index contributed by atoms with van der Waals surface area (Å²) in [5.41, 5.74) is 0.744. The van der Waals surface area contributed by atoms with Crippen LogP contribution in [0.5, 0.6) is 5.75 Å². The number of hydrogen-bond donors (Lipinski definition) is 0. The molecule has 0 aliphatic carbocycles. The van der Waals surface area contributed by atoms with E-state index in [-0.39, 0.29) is 16.6 Å². The van der Waals surface area contributed by atoms with E-state index < -0.39 is 10.1 Å². The Morgan fingerprint density at radius 3 is 2.42 bits per heavy atom. The smallest absolute Gasteiger partial charge is 0.339 e. The van der Waals surface area contributed by atoms with Gasteiger partial charge >= 0.3 is 10.1 Å². The molecule has 4 rings (SSSR count). The van der Waals surface area contributed by atoms with Crippen molar-refractivity contribution < 1.29 is 17.4 Å². The van der Waals surface area contributed by atoms with E-state index in [2.05, 4.69) is 20.9 Å². The van der Waals surface area contributed by atoms with Crippen molar-refractivity contribution in [3.8, 4) is 11.8 Å². The number of benzene rings is 2. The molecule has 2 aromatic carbocycles. The van der Waals surface area contributed by atoms with Gasteiger partial charge in [0.05, 0.1) is 11.0 Å². The Hall–Kier alpha value is -3.13. The second kappa shape index (κ2) is 10.2. The first-order valence-electron chi connectivity index (χ1n) is 10.4. The second-order valence-corrected chi connectivity index (χ2v) is 10.0. The standard InChI is InChI=1S/C23H22N4O4S2/c24-11-4-12-26-13-15-27(16-14-26)23-25-22(28)21(32-23)17-18-7-9-19(10-8-18)31-33(29,30)20-5-2-1-3-6-20/h1-3,5-10,17H,4,12-16H2/b21-17+. The molecule has 2 aromatic rings. The Kier molecular flexibility index (Phi) is 7.13. The fraction of sp³-hybridized carbons (Fsp3) is 0.261. The number of nitriles is 1. The van der Waals surface area contributed by atoms with Gasteiger partial charge in [0.2, 0.25) is 0 Å². The van der Waals surface area contributed by atoms with E-state index in [1.54, 1.807) is 48.5 Å². The van der Waals surface area contributed by atoms with Gasteiger partial charge in [-0.1, -0.05) is 30.3 Å². The summed E-state index contributed by atoms with van der Waals surface area (Å²) >= 11 is 1.34. The molecule has 1 saturated heterocycles. The normalized spacial score (nSPS) is 18.3. The molecule has 0 spiro atoms. The van der Waals surface area contributed by atoms with Gasteiger partial charge < -0.3 is 9.08 Å². The molecule has 33 heavy (non-hydrogen) atoms. The third-order valence-corrected chi connectivity index (χ3v) is 7.51. The molecule has 2 aliphatic rings. The van der Waals surface area contributed by atoms with E-state index in [4.69, 9.17) is 9.44 Å². The van der Waals surface area contributed by atoms with Crippen LogP contribution >= 0.6 is 11.8 Å². The lowest BCUT2D eigenvalue weighted by molar-refractivity contribution is -0.113. The van der Waals surface area contributed by atoms with Crippen molar-refractivity contribution in [3.63, 3.8) is 0 Å². The maximum absolute atomic E-state index is 12.4. The van der Waals surface area contributed by atoms with Crippen LogP contribution < -0.4 is 4.18 Å². The number of amides is 1. The molecule has 0 bridgehead atoms. The van der Waals surface area contributed by atoms with Crippen molar-refractivity contribution in [3.05, 3.63) is 65.1 Å². The van der Waals surface area contributed by atoms with E-state index in [1.807, 2.05) is 0 Å². The first-order chi connectivity index (χ1) is 15.9. The average molecular weight is 483 g/mol. The number of piperazine rings is 1. The lowest BCUT2D eigenvalue weighted by atomic mass is 10.2. The second-order valence-electron chi connectivity index (χ2n) is 7.47. The van der Waals surface area contributed by atoms with Crippen molar-refractivity contribution in [2.75, 3.05) is 32.7 Å². The van der Waals surface area contributed by atoms with Crippen LogP contribution in [0, 0.1) is 11.3 Å². The molecule has 0 atom stereocenters. The van der Waals surface area contributed by atoms with Gasteiger partial charge in [-0.15, -0.1) is 0 Å². The minimum atomic E-state index is -3.90. The van der Waals surface area contributed by atoms with Crippen molar-refractivity contribution in [1.82, 2.24) is 9.80 Å². The van der Waals surface area contributed by atoms with Crippen LogP contribution in [0.25, 0.3) is 6.08 Å². The highest BCUT2D eigenvalue weighted by Crippen LogP contribution is 2.31. The zero-order chi connectivity index (χ0) is 23.3. The van der Waals surface area contributed by atoms with E-state index in [0.29, 0.717) is 16.5 Å². The van der Waals surface area contributed by atoms with Gasteiger partial charge in [-0.05, 0) is 47.7 Å². The third-order valence-electron chi connectivity index (χ3n) is 5.21. The highest BCUT2D eigenvalue weighted by Gasteiger charge is 2.28. The van der Waals surface area contributed by atoms with Crippen molar-refractivity contribution in [2.24, 2.45) is 4.99 Å². The number of carbonyl (C=O) groups is 1. The van der Waals surface area contributed by atoms with Gasteiger partial charge in [0, 0.05) is 39.1 Å². The topological polar surface area (TPSA) is 103 Å². The van der Waals surface area contributed by atoms with Gasteiger partial charge in [0.25, 0.3) is 5.91 Å². The van der Waals surface area contributed by atoms with E-state index in [1.165, 1.54) is 23.9 Å². The number of hydrogen-bond acceptors (Lipinski definition) is 8. The summed E-state index contributed by atoms with van der Waals surface area (Å²) in [6, 6.07) is 16.6. The van der Waals surface area contributed by atoms with Gasteiger partial charge in [-0.3, -0.25) is 9.69 Å². The SMILES string of the molecule is N#CCCN1CCN(C2=NC(=O)/C(=C\c3ccc(OS(=O)(=O)c4ccccc4)cc3)S2)CC1. The maximum atomic E-state index is 12.4. The fourth-order valence-corrected chi connectivity index (χ4v) is 5.35. The Bertz CT molecular complexity index is 1210. The highest BCUT2D eigenvalue weighted by molar-refractivity contribution is 8.18. The number of amidine groups is 1. The average Bonchev–Trinajstić information content (AvgIpc) is 3.19. The van der Waals surface area contributed by atoms with E-state index >= 15 is 0 Å². The molecule has 0 radical (unpaired) electrons. The number of aliphatic imine (C=N–C) groups is 1. The van der Waals surface area contributed by atoms with Crippen molar-refractivity contribution in [2.45, 2.75) is 11.3 Å². The molecule has 0 N–H and O–H groups in total. The minimum Gasteiger partial charge on any atom is -0.379 e. The zero-order valence-electron chi connectivity index (χ0n) is 17.8. The lowest BCUT2D eigenvalue weighted by Gasteiger charge is -2.34. The summed E-state index contributed by atoms with van der Waals surface area (Å²) < 4.78 is 29.9. The van der Waals surface area contributed by atoms with Crippen LogP contribution in [-0.2, 0) is 14.9 Å². The Labute approximate surface area is 197 Å². The molecule has 1 amide bonds. The summed E-state index contributed by atoms with van der Waals surface area (Å²) in [7, 11) is -3.90. The lowest BCUT2D eigenvalue weighted by Crippen LogP contribution is -2.47. The monoisotopic (exact) mass is 482 g/mol. The molecule has 10 heteroatoms. The van der Waals surface area contributed by atoms with Gasteiger partial charge in [-0.2, -0.15) is 18.7 Å². The van der Waals surface area contributed by atoms with Crippen LogP contribution in [0.15, 0.2) is 69.4 Å². The van der Waals surface area contributed by atoms with E-state index in [9.17, 15) is 13.2 Å². The van der Waals surface area contributed by atoms with Crippen LogP contribution in [-0.4, -0.2) is 62.0 Å². The van der Waals surface area contributed by atoms with Crippen molar-refractivity contribution in [1.29, 1.82) is 5.26 Å². The molecule has 2 heterocycles. The Morgan fingerprint density at radius 1 is 1.06 bits per heavy atom. The molecule has 0 aromatic heterocycles. The molecule has 0 unspecified atom stereocenters. The minimum absolute atomic E-state index is 0.0831. The Morgan fingerprint density at radius 2 is 1.76 bits per heavy atom. The number of thioether (sulfide) groups is 1. The molecule has 170 valence electrons. The fourth-order valence-electron chi connectivity index (χ4n) is 3.44. The van der Waals surface area contributed by atoms with Gasteiger partial charge in [0.15, 0.2) is 5.17 Å². The summed E-state index contributed by atoms with van der Waals surface area (Å²) in [6.45, 7) is 3.96. The van der Waals surface area contributed by atoms with Crippen LogP contribution in [0.2, 0.25) is 0 Å². The number of nitrogens with zero attached hydrogens (tertiary/aromatic N) is 4.